The van der Waals surface area contributed by atoms with Gasteiger partial charge in [-0.2, -0.15) is 5.26 Å². The number of nitriles is 1. The van der Waals surface area contributed by atoms with E-state index in [9.17, 15) is 0 Å². The van der Waals surface area contributed by atoms with Crippen LogP contribution in [0.2, 0.25) is 0 Å². The minimum Gasteiger partial charge on any atom is -0.198 e. The average Bonchev–Trinajstić information content (AvgIpc) is 2.44. The van der Waals surface area contributed by atoms with Crippen LogP contribution in [0, 0.1) is 22.7 Å². The third-order valence-electron chi connectivity index (χ3n) is 3.76. The van der Waals surface area contributed by atoms with Gasteiger partial charge in [0.15, 0.2) is 0 Å². The molecule has 0 amide bonds. The number of rotatable bonds is 4. The lowest BCUT2D eigenvalue weighted by Gasteiger charge is -2.28. The van der Waals surface area contributed by atoms with E-state index in [2.05, 4.69) is 45.1 Å². The molecule has 0 heterocycles. The molecular formula is C14H21N. The zero-order chi connectivity index (χ0) is 11.3. The minimum atomic E-state index is 0.361. The summed E-state index contributed by atoms with van der Waals surface area (Å²) < 4.78 is 0. The molecule has 0 fully saturated rings. The van der Waals surface area contributed by atoms with Gasteiger partial charge < -0.3 is 0 Å². The molecule has 1 heteroatoms. The normalized spacial score (nSPS) is 24.1. The van der Waals surface area contributed by atoms with E-state index in [4.69, 9.17) is 5.26 Å². The smallest absolute Gasteiger partial charge is 0.0624 e. The highest BCUT2D eigenvalue weighted by atomic mass is 14.4. The predicted octanol–water partition coefficient (Wildman–Crippen LogP) is 4.23. The Hall–Kier alpha value is -1.03. The van der Waals surface area contributed by atoms with E-state index in [-0.39, 0.29) is 0 Å². The van der Waals surface area contributed by atoms with Crippen molar-refractivity contribution in [1.82, 2.24) is 0 Å². The Balaban J connectivity index is 2.36. The molecule has 15 heavy (non-hydrogen) atoms. The zero-order valence-corrected chi connectivity index (χ0v) is 10.1. The number of hydrogen-bond acceptors (Lipinski definition) is 1. The molecule has 0 unspecified atom stereocenters. The molecule has 1 rings (SSSR count). The SMILES string of the molecule is CC1=CC[C@H](C/C=C/CCC#N)C1(C)C. The van der Waals surface area contributed by atoms with E-state index in [0.29, 0.717) is 11.8 Å². The largest absolute Gasteiger partial charge is 0.198 e. The first kappa shape index (κ1) is 12.0. The first-order valence-corrected chi connectivity index (χ1v) is 5.78. The van der Waals surface area contributed by atoms with Gasteiger partial charge in [-0.1, -0.05) is 37.6 Å². The molecule has 1 aliphatic carbocycles. The van der Waals surface area contributed by atoms with E-state index in [0.717, 1.165) is 18.8 Å². The van der Waals surface area contributed by atoms with E-state index in [1.165, 1.54) is 12.0 Å². The van der Waals surface area contributed by atoms with Crippen LogP contribution in [0.25, 0.3) is 0 Å². The van der Waals surface area contributed by atoms with Crippen molar-refractivity contribution < 1.29 is 0 Å². The Kier molecular flexibility index (Phi) is 4.15. The molecule has 1 aliphatic rings. The summed E-state index contributed by atoms with van der Waals surface area (Å²) in [7, 11) is 0. The highest BCUT2D eigenvalue weighted by molar-refractivity contribution is 5.18. The van der Waals surface area contributed by atoms with Crippen LogP contribution in [0.15, 0.2) is 23.8 Å². The Bertz CT molecular complexity index is 302. The van der Waals surface area contributed by atoms with Crippen LogP contribution in [0.5, 0.6) is 0 Å². The van der Waals surface area contributed by atoms with E-state index >= 15 is 0 Å². The molecule has 0 bridgehead atoms. The Morgan fingerprint density at radius 1 is 1.53 bits per heavy atom. The van der Waals surface area contributed by atoms with Crippen molar-refractivity contribution in [1.29, 1.82) is 5.26 Å². The predicted molar refractivity (Wildman–Crippen MR) is 64.2 cm³/mol. The van der Waals surface area contributed by atoms with Gasteiger partial charge in [-0.3, -0.25) is 0 Å². The lowest BCUT2D eigenvalue weighted by Crippen LogP contribution is -2.19. The fourth-order valence-corrected chi connectivity index (χ4v) is 2.12. The molecule has 0 N–H and O–H groups in total. The molecule has 1 atom stereocenters. The van der Waals surface area contributed by atoms with Crippen molar-refractivity contribution >= 4 is 0 Å². The first-order chi connectivity index (χ1) is 7.09. The van der Waals surface area contributed by atoms with Gasteiger partial charge in [0.25, 0.3) is 0 Å². The summed E-state index contributed by atoms with van der Waals surface area (Å²) in [5.74, 6) is 0.746. The van der Waals surface area contributed by atoms with Gasteiger partial charge in [0.1, 0.15) is 0 Å². The third-order valence-corrected chi connectivity index (χ3v) is 3.76. The van der Waals surface area contributed by atoms with E-state index < -0.39 is 0 Å². The van der Waals surface area contributed by atoms with Crippen LogP contribution in [-0.4, -0.2) is 0 Å². The number of hydrogen-bond donors (Lipinski definition) is 0. The average molecular weight is 203 g/mol. The molecule has 0 aromatic heterocycles. The molecule has 0 aliphatic heterocycles. The van der Waals surface area contributed by atoms with E-state index in [1.807, 2.05) is 0 Å². The fraction of sp³-hybridized carbons (Fsp3) is 0.643. The molecule has 82 valence electrons. The van der Waals surface area contributed by atoms with Crippen LogP contribution >= 0.6 is 0 Å². The molecule has 0 saturated heterocycles. The van der Waals surface area contributed by atoms with Gasteiger partial charge in [0, 0.05) is 6.42 Å². The van der Waals surface area contributed by atoms with Crippen molar-refractivity contribution in [2.24, 2.45) is 11.3 Å². The molecule has 0 saturated carbocycles. The van der Waals surface area contributed by atoms with Gasteiger partial charge in [0.05, 0.1) is 6.07 Å². The summed E-state index contributed by atoms with van der Waals surface area (Å²) in [6, 6.07) is 2.16. The Morgan fingerprint density at radius 2 is 2.27 bits per heavy atom. The summed E-state index contributed by atoms with van der Waals surface area (Å²) in [4.78, 5) is 0. The van der Waals surface area contributed by atoms with Gasteiger partial charge in [-0.05, 0) is 37.5 Å². The summed E-state index contributed by atoms with van der Waals surface area (Å²) in [6.07, 6.45) is 10.7. The van der Waals surface area contributed by atoms with Gasteiger partial charge in [-0.15, -0.1) is 0 Å². The molecular weight excluding hydrogens is 182 g/mol. The molecule has 1 nitrogen and oxygen atoms in total. The summed E-state index contributed by atoms with van der Waals surface area (Å²) in [6.45, 7) is 6.90. The first-order valence-electron chi connectivity index (χ1n) is 5.78. The monoisotopic (exact) mass is 203 g/mol. The molecule has 0 spiro atoms. The van der Waals surface area contributed by atoms with Crippen LogP contribution in [0.4, 0.5) is 0 Å². The number of unbranched alkanes of at least 4 members (excludes halogenated alkanes) is 1. The molecule has 0 radical (unpaired) electrons. The number of allylic oxidation sites excluding steroid dienone is 4. The summed E-state index contributed by atoms with van der Waals surface area (Å²) >= 11 is 0. The van der Waals surface area contributed by atoms with Crippen LogP contribution in [0.1, 0.15) is 46.5 Å². The topological polar surface area (TPSA) is 23.8 Å². The highest BCUT2D eigenvalue weighted by Gasteiger charge is 2.33. The third kappa shape index (κ3) is 2.96. The van der Waals surface area contributed by atoms with Crippen molar-refractivity contribution in [3.8, 4) is 6.07 Å². The van der Waals surface area contributed by atoms with Crippen LogP contribution in [-0.2, 0) is 0 Å². The highest BCUT2D eigenvalue weighted by Crippen LogP contribution is 2.44. The van der Waals surface area contributed by atoms with Gasteiger partial charge >= 0.3 is 0 Å². The van der Waals surface area contributed by atoms with E-state index in [1.54, 1.807) is 0 Å². The maximum absolute atomic E-state index is 8.40. The van der Waals surface area contributed by atoms with Crippen molar-refractivity contribution in [2.45, 2.75) is 46.5 Å². The van der Waals surface area contributed by atoms with Crippen molar-refractivity contribution in [3.05, 3.63) is 23.8 Å². The molecule has 0 aromatic rings. The standard InChI is InChI=1S/C14H21N/c1-12-9-10-13(14(12,2)3)8-6-4-5-7-11-15/h4,6,9,13H,5,7-8,10H2,1-3H3/b6-4+/t13-/m0/s1. The van der Waals surface area contributed by atoms with Crippen molar-refractivity contribution in [3.63, 3.8) is 0 Å². The second-order valence-corrected chi connectivity index (χ2v) is 4.95. The second kappa shape index (κ2) is 5.16. The van der Waals surface area contributed by atoms with Crippen LogP contribution < -0.4 is 0 Å². The lowest BCUT2D eigenvalue weighted by molar-refractivity contribution is 0.294. The maximum atomic E-state index is 8.40. The quantitative estimate of drug-likeness (QED) is 0.495. The van der Waals surface area contributed by atoms with Gasteiger partial charge in [-0.25, -0.2) is 0 Å². The lowest BCUT2D eigenvalue weighted by atomic mass is 9.76. The van der Waals surface area contributed by atoms with Crippen LogP contribution in [0.3, 0.4) is 0 Å². The summed E-state index contributed by atoms with van der Waals surface area (Å²) in [5.41, 5.74) is 1.89. The molecule has 0 aromatic carbocycles. The second-order valence-electron chi connectivity index (χ2n) is 4.95. The maximum Gasteiger partial charge on any atom is 0.0624 e. The minimum absolute atomic E-state index is 0.361. The van der Waals surface area contributed by atoms with Crippen molar-refractivity contribution in [2.75, 3.05) is 0 Å². The zero-order valence-electron chi connectivity index (χ0n) is 10.1. The van der Waals surface area contributed by atoms with Gasteiger partial charge in [0.2, 0.25) is 0 Å². The summed E-state index contributed by atoms with van der Waals surface area (Å²) in [5, 5.41) is 8.40. The fourth-order valence-electron chi connectivity index (χ4n) is 2.12. The number of nitrogens with zero attached hydrogens (tertiary/aromatic N) is 1. The Labute approximate surface area is 93.5 Å². The Morgan fingerprint density at radius 3 is 2.80 bits per heavy atom.